The highest BCUT2D eigenvalue weighted by Gasteiger charge is 2.40. The first-order valence-electron chi connectivity index (χ1n) is 14.5. The second-order valence-corrected chi connectivity index (χ2v) is 17.8. The Kier molecular flexibility index (Phi) is 7.42. The molecule has 0 radical (unpaired) electrons. The Bertz CT molecular complexity index is 1690. The van der Waals surface area contributed by atoms with Gasteiger partial charge in [0, 0.05) is 17.0 Å². The Labute approximate surface area is 251 Å². The van der Waals surface area contributed by atoms with Crippen LogP contribution in [0.2, 0.25) is 0 Å². The smallest absolute Gasteiger partial charge is 0.189 e. The van der Waals surface area contributed by atoms with Crippen LogP contribution in [0.15, 0.2) is 182 Å². The van der Waals surface area contributed by atoms with E-state index >= 15 is 0 Å². The minimum atomic E-state index is -1.94. The van der Waals surface area contributed by atoms with Gasteiger partial charge in [-0.25, -0.2) is 0 Å². The van der Waals surface area contributed by atoms with Crippen molar-refractivity contribution in [2.24, 2.45) is 0 Å². The minimum Gasteiger partial charge on any atom is -0.366 e. The van der Waals surface area contributed by atoms with E-state index < -0.39 is 16.4 Å². The van der Waals surface area contributed by atoms with E-state index in [1.165, 1.54) is 49.2 Å². The molecule has 1 aliphatic heterocycles. The molecule has 0 bridgehead atoms. The van der Waals surface area contributed by atoms with E-state index in [0.717, 1.165) is 0 Å². The van der Waals surface area contributed by atoms with Crippen LogP contribution in [0.3, 0.4) is 0 Å². The van der Waals surface area contributed by atoms with Crippen molar-refractivity contribution >= 4 is 48.9 Å². The van der Waals surface area contributed by atoms with Crippen LogP contribution in [-0.2, 0) is 0 Å². The molecular weight excluding hydrogens is 539 g/mol. The molecule has 0 saturated carbocycles. The van der Waals surface area contributed by atoms with Gasteiger partial charge in [-0.1, -0.05) is 170 Å². The van der Waals surface area contributed by atoms with Gasteiger partial charge in [0.15, 0.2) is 8.48 Å². The number of nitrogens with zero attached hydrogens (tertiary/aromatic N) is 1. The van der Waals surface area contributed by atoms with E-state index in [1.807, 2.05) is 0 Å². The first-order chi connectivity index (χ1) is 20.9. The maximum absolute atomic E-state index is 2.78. The van der Waals surface area contributed by atoms with E-state index in [0.29, 0.717) is 0 Å². The molecule has 1 nitrogen and oxygen atoms in total. The monoisotopic (exact) mass is 569 g/mol. The first-order valence-corrected chi connectivity index (χ1v) is 18.9. The predicted octanol–water partition coefficient (Wildman–Crippen LogP) is 6.99. The highest BCUT2D eigenvalue weighted by Crippen LogP contribution is 2.39. The van der Waals surface area contributed by atoms with Gasteiger partial charge in [-0.05, 0) is 44.4 Å². The molecule has 6 aromatic carbocycles. The van der Waals surface area contributed by atoms with Crippen LogP contribution < -0.4 is 14.9 Å². The Morgan fingerprint density at radius 3 is 1.38 bits per heavy atom. The van der Waals surface area contributed by atoms with E-state index in [4.69, 9.17) is 0 Å². The van der Waals surface area contributed by atoms with Crippen molar-refractivity contribution in [3.8, 4) is 0 Å². The average molecular weight is 570 g/mol. The van der Waals surface area contributed by atoms with Crippen molar-refractivity contribution in [3.63, 3.8) is 0 Å². The van der Waals surface area contributed by atoms with E-state index in [1.54, 1.807) is 0 Å². The number of allylic oxidation sites excluding steroid dienone is 1. The highest BCUT2D eigenvalue weighted by atomic mass is 29.2. The third-order valence-corrected chi connectivity index (χ3v) is 17.9. The molecule has 6 aromatic rings. The van der Waals surface area contributed by atoms with Crippen LogP contribution in [0, 0.1) is 0 Å². The third kappa shape index (κ3) is 4.94. The molecule has 0 aliphatic carbocycles. The van der Waals surface area contributed by atoms with Gasteiger partial charge >= 0.3 is 0 Å². The van der Waals surface area contributed by atoms with Crippen LogP contribution in [0.25, 0.3) is 11.3 Å². The summed E-state index contributed by atoms with van der Waals surface area (Å²) < 4.78 is 2.78. The summed E-state index contributed by atoms with van der Waals surface area (Å²) >= 11 is 0. The number of hydrogen-bond donors (Lipinski definition) is 0. The third-order valence-electron chi connectivity index (χ3n) is 7.94. The topological polar surface area (TPSA) is 3.24 Å². The SMILES string of the molecule is c1ccc(C2=C(c3ccccc3)N(c3ccccc3)[SiH](c3ccccc3)[Si](c3ccccc3)=C2c2ccccc2)cc1. The molecule has 1 atom stereocenters. The Hall–Kier alpha value is -4.84. The Morgan fingerprint density at radius 2 is 0.833 bits per heavy atom. The molecule has 0 aromatic heterocycles. The quantitative estimate of drug-likeness (QED) is 0.196. The van der Waals surface area contributed by atoms with Crippen LogP contribution in [0.1, 0.15) is 16.7 Å². The lowest BCUT2D eigenvalue weighted by atomic mass is 9.93. The fourth-order valence-electron chi connectivity index (χ4n) is 6.18. The maximum Gasteiger partial charge on any atom is 0.189 e. The number of anilines is 1. The van der Waals surface area contributed by atoms with Gasteiger partial charge in [0.05, 0.1) is 7.93 Å². The second kappa shape index (κ2) is 12.0. The molecule has 0 N–H and O–H groups in total. The fraction of sp³-hybridized carbons (Fsp3) is 0. The minimum absolute atomic E-state index is 1.25. The maximum atomic E-state index is 2.78. The summed E-state index contributed by atoms with van der Waals surface area (Å²) in [5.41, 5.74) is 7.73. The molecule has 200 valence electrons. The number of hydrogen-bond acceptors (Lipinski definition) is 1. The standard InChI is InChI=1S/C39H31NSi2/c1-7-19-31(20-8-1)37-38(32-21-9-2-10-22-32)40(34-25-13-4-14-26-34)42(36-29-17-6-18-30-36)41(35-27-15-5-16-28-35)39(37)33-23-11-3-12-24-33/h1-30,42H. The summed E-state index contributed by atoms with van der Waals surface area (Å²) in [5, 5.41) is 4.43. The Morgan fingerprint density at radius 1 is 0.405 bits per heavy atom. The molecule has 0 fully saturated rings. The second-order valence-electron chi connectivity index (χ2n) is 10.5. The lowest BCUT2D eigenvalue weighted by molar-refractivity contribution is 1.39. The molecule has 1 unspecified atom stereocenters. The van der Waals surface area contributed by atoms with Crippen molar-refractivity contribution in [1.29, 1.82) is 0 Å². The first kappa shape index (κ1) is 26.1. The van der Waals surface area contributed by atoms with Crippen LogP contribution in [-0.4, -0.2) is 21.6 Å². The van der Waals surface area contributed by atoms with Crippen molar-refractivity contribution in [3.05, 3.63) is 199 Å². The normalized spacial score (nSPS) is 15.1. The summed E-state index contributed by atoms with van der Waals surface area (Å²) in [6.07, 6.45) is 0. The largest absolute Gasteiger partial charge is 0.366 e. The van der Waals surface area contributed by atoms with Gasteiger partial charge < -0.3 is 4.57 Å². The number of benzene rings is 6. The zero-order valence-corrected chi connectivity index (χ0v) is 25.5. The van der Waals surface area contributed by atoms with Crippen molar-refractivity contribution in [1.82, 2.24) is 0 Å². The molecule has 1 aliphatic rings. The summed E-state index contributed by atoms with van der Waals surface area (Å²) in [6, 6.07) is 67.0. The highest BCUT2D eigenvalue weighted by molar-refractivity contribution is 7.38. The van der Waals surface area contributed by atoms with Gasteiger partial charge in [-0.2, -0.15) is 0 Å². The van der Waals surface area contributed by atoms with E-state index in [9.17, 15) is 0 Å². The Balaban J connectivity index is 1.71. The molecule has 0 amide bonds. The van der Waals surface area contributed by atoms with Gasteiger partial charge in [-0.15, -0.1) is 0 Å². The summed E-state index contributed by atoms with van der Waals surface area (Å²) in [5.74, 6) is 0. The van der Waals surface area contributed by atoms with Crippen molar-refractivity contribution in [2.75, 3.05) is 4.57 Å². The zero-order valence-electron chi connectivity index (χ0n) is 23.3. The molecule has 0 spiro atoms. The molecule has 1 heterocycles. The lowest BCUT2D eigenvalue weighted by Crippen LogP contribution is -2.63. The number of para-hydroxylation sites is 1. The summed E-state index contributed by atoms with van der Waals surface area (Å²) in [7, 11) is -3.26. The van der Waals surface area contributed by atoms with Crippen LogP contribution >= 0.6 is 0 Å². The van der Waals surface area contributed by atoms with Crippen LogP contribution in [0.4, 0.5) is 5.69 Å². The van der Waals surface area contributed by atoms with E-state index in [-0.39, 0.29) is 0 Å². The molecular formula is C39H31NSi2. The zero-order chi connectivity index (χ0) is 28.1. The lowest BCUT2D eigenvalue weighted by Gasteiger charge is -2.43. The van der Waals surface area contributed by atoms with Gasteiger partial charge in [0.1, 0.15) is 0 Å². The van der Waals surface area contributed by atoms with Crippen molar-refractivity contribution < 1.29 is 0 Å². The van der Waals surface area contributed by atoms with Gasteiger partial charge in [0.25, 0.3) is 0 Å². The average Bonchev–Trinajstić information content (AvgIpc) is 3.09. The molecule has 3 heteroatoms. The molecule has 42 heavy (non-hydrogen) atoms. The van der Waals surface area contributed by atoms with Gasteiger partial charge in [-0.3, -0.25) is 0 Å². The summed E-state index contributed by atoms with van der Waals surface area (Å²) in [6.45, 7) is 0. The van der Waals surface area contributed by atoms with Crippen LogP contribution in [0.5, 0.6) is 0 Å². The number of rotatable bonds is 6. The van der Waals surface area contributed by atoms with E-state index in [2.05, 4.69) is 187 Å². The molecule has 0 saturated heterocycles. The predicted molar refractivity (Wildman–Crippen MR) is 184 cm³/mol. The molecule has 7 rings (SSSR count). The fourth-order valence-corrected chi connectivity index (χ4v) is 17.6. The summed E-state index contributed by atoms with van der Waals surface area (Å²) in [4.78, 5) is 0. The van der Waals surface area contributed by atoms with Gasteiger partial charge in [0.2, 0.25) is 0 Å². The van der Waals surface area contributed by atoms with Crippen molar-refractivity contribution in [2.45, 2.75) is 0 Å².